The average molecular weight is 921 g/mol. The van der Waals surface area contributed by atoms with E-state index < -0.39 is 0 Å². The van der Waals surface area contributed by atoms with Gasteiger partial charge in [-0.05, 0) is 128 Å². The van der Waals surface area contributed by atoms with Gasteiger partial charge in [-0.25, -0.2) is 0 Å². The molecule has 3 heteroatoms. The summed E-state index contributed by atoms with van der Waals surface area (Å²) in [5.41, 5.74) is 23.0. The standard InChI is InChI=1S/C69H48N2O/c1-69(2)61-29-17-26-53(46-18-6-3-7-19-46)67(61)60-43-58(47-20-8-4-9-21-47)65(44-62(60)69)70(52-39-34-48(35-40-52)54-27-16-28-57-56-25-13-15-31-66(56)72-68(54)57)51-37-32-45(33-38-51)49-36-41-64-59(42-49)55-24-12-14-30-63(55)71(64)50-22-10-5-11-23-50/h3-44H,1-2H3. The van der Waals surface area contributed by atoms with Crippen LogP contribution in [-0.2, 0) is 5.41 Å². The van der Waals surface area contributed by atoms with Crippen molar-refractivity contribution in [3.05, 3.63) is 266 Å². The lowest BCUT2D eigenvalue weighted by atomic mass is 9.81. The van der Waals surface area contributed by atoms with Gasteiger partial charge in [0, 0.05) is 55.1 Å². The molecule has 0 fully saturated rings. The fourth-order valence-corrected chi connectivity index (χ4v) is 11.7. The summed E-state index contributed by atoms with van der Waals surface area (Å²) in [5.74, 6) is 0. The molecular formula is C69H48N2O. The number of hydrogen-bond donors (Lipinski definition) is 0. The van der Waals surface area contributed by atoms with Crippen LogP contribution >= 0.6 is 0 Å². The Balaban J connectivity index is 0.949. The molecule has 0 atom stereocenters. The van der Waals surface area contributed by atoms with Crippen molar-refractivity contribution in [3.63, 3.8) is 0 Å². The Bertz CT molecular complexity index is 4200. The SMILES string of the molecule is CC1(C)c2cc(N(c3ccc(-c4ccc5c(c4)c4ccccc4n5-c4ccccc4)cc3)c3ccc(-c4cccc5c4oc4ccccc45)cc3)c(-c3ccccc3)cc2-c2c(-c3ccccc3)cccc21. The Morgan fingerprint density at radius 3 is 1.65 bits per heavy atom. The van der Waals surface area contributed by atoms with Crippen LogP contribution in [0.25, 0.3) is 105 Å². The summed E-state index contributed by atoms with van der Waals surface area (Å²) in [7, 11) is 0. The minimum atomic E-state index is -0.258. The molecule has 340 valence electrons. The number of anilines is 3. The fraction of sp³-hybridized carbons (Fsp3) is 0.0435. The van der Waals surface area contributed by atoms with E-state index in [0.717, 1.165) is 66.9 Å². The van der Waals surface area contributed by atoms with E-state index in [-0.39, 0.29) is 5.41 Å². The third-order valence-corrected chi connectivity index (χ3v) is 15.2. The summed E-state index contributed by atoms with van der Waals surface area (Å²) in [6.07, 6.45) is 0. The Hall–Kier alpha value is -9.18. The first-order valence-electron chi connectivity index (χ1n) is 24.9. The van der Waals surface area contributed by atoms with Crippen molar-refractivity contribution in [2.24, 2.45) is 0 Å². The maximum absolute atomic E-state index is 6.55. The molecule has 0 saturated heterocycles. The number of aromatic nitrogens is 1. The van der Waals surface area contributed by atoms with Crippen molar-refractivity contribution in [3.8, 4) is 61.3 Å². The molecule has 72 heavy (non-hydrogen) atoms. The number of furan rings is 1. The molecular weight excluding hydrogens is 873 g/mol. The highest BCUT2D eigenvalue weighted by Crippen LogP contribution is 2.56. The Kier molecular flexibility index (Phi) is 9.56. The van der Waals surface area contributed by atoms with Gasteiger partial charge in [-0.15, -0.1) is 0 Å². The number of para-hydroxylation sites is 4. The molecule has 2 aromatic heterocycles. The van der Waals surface area contributed by atoms with Crippen molar-refractivity contribution < 1.29 is 4.42 Å². The molecule has 0 unspecified atom stereocenters. The van der Waals surface area contributed by atoms with E-state index in [2.05, 4.69) is 272 Å². The smallest absolute Gasteiger partial charge is 0.143 e. The predicted molar refractivity (Wildman–Crippen MR) is 302 cm³/mol. The summed E-state index contributed by atoms with van der Waals surface area (Å²) in [6.45, 7) is 4.78. The number of rotatable bonds is 8. The summed E-state index contributed by atoms with van der Waals surface area (Å²) < 4.78 is 8.92. The second-order valence-corrected chi connectivity index (χ2v) is 19.6. The first-order valence-corrected chi connectivity index (χ1v) is 24.9. The van der Waals surface area contributed by atoms with E-state index >= 15 is 0 Å². The third kappa shape index (κ3) is 6.58. The van der Waals surface area contributed by atoms with Crippen LogP contribution < -0.4 is 4.90 Å². The fourth-order valence-electron chi connectivity index (χ4n) is 11.7. The van der Waals surface area contributed by atoms with Crippen molar-refractivity contribution in [2.75, 3.05) is 4.90 Å². The van der Waals surface area contributed by atoms with Crippen LogP contribution in [0.2, 0.25) is 0 Å². The topological polar surface area (TPSA) is 21.3 Å². The van der Waals surface area contributed by atoms with Gasteiger partial charge in [0.05, 0.1) is 16.7 Å². The number of fused-ring (bicyclic) bond motifs is 9. The van der Waals surface area contributed by atoms with Crippen molar-refractivity contribution in [1.82, 2.24) is 4.57 Å². The number of benzene rings is 11. The zero-order chi connectivity index (χ0) is 47.9. The van der Waals surface area contributed by atoms with Crippen LogP contribution in [0.3, 0.4) is 0 Å². The van der Waals surface area contributed by atoms with Crippen molar-refractivity contribution in [1.29, 1.82) is 0 Å². The number of hydrogen-bond acceptors (Lipinski definition) is 2. The second kappa shape index (κ2) is 16.5. The van der Waals surface area contributed by atoms with E-state index in [1.165, 1.54) is 66.3 Å². The van der Waals surface area contributed by atoms with Crippen LogP contribution in [-0.4, -0.2) is 4.57 Å². The molecule has 3 nitrogen and oxygen atoms in total. The minimum Gasteiger partial charge on any atom is -0.455 e. The summed E-state index contributed by atoms with van der Waals surface area (Å²) in [5, 5.41) is 4.73. The van der Waals surface area contributed by atoms with Crippen LogP contribution in [0.15, 0.2) is 259 Å². The number of nitrogens with zero attached hydrogens (tertiary/aromatic N) is 2. The van der Waals surface area contributed by atoms with Gasteiger partial charge in [0.2, 0.25) is 0 Å². The molecule has 2 heterocycles. The van der Waals surface area contributed by atoms with E-state index in [1.54, 1.807) is 0 Å². The normalized spacial score (nSPS) is 12.7. The molecule has 14 rings (SSSR count). The van der Waals surface area contributed by atoms with Gasteiger partial charge in [0.25, 0.3) is 0 Å². The van der Waals surface area contributed by atoms with Crippen LogP contribution in [0.1, 0.15) is 25.0 Å². The largest absolute Gasteiger partial charge is 0.455 e. The quantitative estimate of drug-likeness (QED) is 0.151. The van der Waals surface area contributed by atoms with E-state index in [1.807, 2.05) is 6.07 Å². The molecule has 0 saturated carbocycles. The second-order valence-electron chi connectivity index (χ2n) is 19.6. The van der Waals surface area contributed by atoms with Crippen LogP contribution in [0.4, 0.5) is 17.1 Å². The van der Waals surface area contributed by atoms with Gasteiger partial charge in [0.1, 0.15) is 11.2 Å². The Morgan fingerprint density at radius 2 is 0.917 bits per heavy atom. The highest BCUT2D eigenvalue weighted by Gasteiger charge is 2.38. The van der Waals surface area contributed by atoms with Crippen LogP contribution in [0.5, 0.6) is 0 Å². The minimum absolute atomic E-state index is 0.258. The highest BCUT2D eigenvalue weighted by molar-refractivity contribution is 6.11. The lowest BCUT2D eigenvalue weighted by molar-refractivity contribution is 0.660. The van der Waals surface area contributed by atoms with Crippen molar-refractivity contribution >= 4 is 60.8 Å². The van der Waals surface area contributed by atoms with Gasteiger partial charge >= 0.3 is 0 Å². The first-order chi connectivity index (χ1) is 35.5. The Morgan fingerprint density at radius 1 is 0.361 bits per heavy atom. The molecule has 0 N–H and O–H groups in total. The molecule has 11 aromatic carbocycles. The van der Waals surface area contributed by atoms with Crippen molar-refractivity contribution in [2.45, 2.75) is 19.3 Å². The molecule has 0 aliphatic heterocycles. The van der Waals surface area contributed by atoms with Gasteiger partial charge in [-0.2, -0.15) is 0 Å². The zero-order valence-corrected chi connectivity index (χ0v) is 40.1. The summed E-state index contributed by atoms with van der Waals surface area (Å²) in [4.78, 5) is 2.46. The average Bonchev–Trinajstić information content (AvgIpc) is 4.07. The maximum atomic E-state index is 6.55. The molecule has 0 radical (unpaired) electrons. The van der Waals surface area contributed by atoms with Gasteiger partial charge in [-0.1, -0.05) is 196 Å². The van der Waals surface area contributed by atoms with Crippen LogP contribution in [0, 0.1) is 0 Å². The molecule has 1 aliphatic rings. The van der Waals surface area contributed by atoms with Gasteiger partial charge < -0.3 is 13.9 Å². The highest BCUT2D eigenvalue weighted by atomic mass is 16.3. The third-order valence-electron chi connectivity index (χ3n) is 15.2. The molecule has 13 aromatic rings. The first kappa shape index (κ1) is 41.8. The van der Waals surface area contributed by atoms with Gasteiger partial charge in [-0.3, -0.25) is 0 Å². The Labute approximate surface area is 419 Å². The van der Waals surface area contributed by atoms with E-state index in [0.29, 0.717) is 0 Å². The summed E-state index contributed by atoms with van der Waals surface area (Å²) >= 11 is 0. The predicted octanol–water partition coefficient (Wildman–Crippen LogP) is 19.1. The zero-order valence-electron chi connectivity index (χ0n) is 40.1. The maximum Gasteiger partial charge on any atom is 0.143 e. The summed E-state index contributed by atoms with van der Waals surface area (Å²) in [6, 6.07) is 92.9. The monoisotopic (exact) mass is 920 g/mol. The van der Waals surface area contributed by atoms with E-state index in [4.69, 9.17) is 4.42 Å². The van der Waals surface area contributed by atoms with Gasteiger partial charge in [0.15, 0.2) is 0 Å². The molecule has 0 bridgehead atoms. The van der Waals surface area contributed by atoms with E-state index in [9.17, 15) is 0 Å². The molecule has 0 amide bonds. The molecule has 0 spiro atoms. The molecule has 1 aliphatic carbocycles. The lowest BCUT2D eigenvalue weighted by Crippen LogP contribution is -2.17. The lowest BCUT2D eigenvalue weighted by Gasteiger charge is -2.30.